The zero-order valence-electron chi connectivity index (χ0n) is 17.0. The second-order valence-electron chi connectivity index (χ2n) is 6.59. The zero-order valence-corrected chi connectivity index (χ0v) is 19.8. The van der Waals surface area contributed by atoms with E-state index in [9.17, 15) is 13.2 Å². The van der Waals surface area contributed by atoms with Crippen LogP contribution in [0.25, 0.3) is 27.1 Å². The number of sulfonamides is 1. The van der Waals surface area contributed by atoms with Crippen LogP contribution in [0.3, 0.4) is 0 Å². The molecule has 4 aromatic rings. The van der Waals surface area contributed by atoms with Gasteiger partial charge in [0.15, 0.2) is 0 Å². The van der Waals surface area contributed by atoms with Crippen LogP contribution in [0.4, 0.5) is 0 Å². The zero-order chi connectivity index (χ0) is 21.1. The molecule has 0 fully saturated rings. The second-order valence-corrected chi connectivity index (χ2v) is 8.19. The molecule has 31 heavy (non-hydrogen) atoms. The Morgan fingerprint density at radius 2 is 1.42 bits per heavy atom. The van der Waals surface area contributed by atoms with E-state index in [2.05, 4.69) is 9.88 Å². The molecule has 8 heteroatoms. The summed E-state index contributed by atoms with van der Waals surface area (Å²) in [6.45, 7) is 1.80. The fraction of sp³-hybridized carbons (Fsp3) is 0.0435. The standard InChI is InChI=1S/C23H18N2O4S.Na/c1-16-21(22(24-29-16)18-8-4-2-5-9-18)17-12-14-20(15-13-17)30(27,28)25-23(26)19-10-6-3-7-11-19;/h2-15H,1H3,(H,25,26);/q;+1/p-1. The van der Waals surface area contributed by atoms with Crippen molar-refractivity contribution in [1.29, 1.82) is 0 Å². The molecule has 1 heterocycles. The maximum Gasteiger partial charge on any atom is 1.00 e. The molecule has 150 valence electrons. The molecular weight excluding hydrogens is 423 g/mol. The summed E-state index contributed by atoms with van der Waals surface area (Å²) >= 11 is 0. The largest absolute Gasteiger partial charge is 1.00 e. The van der Waals surface area contributed by atoms with Gasteiger partial charge in [0.05, 0.1) is 16.4 Å². The predicted octanol–water partition coefficient (Wildman–Crippen LogP) is 2.22. The molecule has 0 spiro atoms. The SMILES string of the molecule is Cc1onc(-c2ccccc2)c1-c1ccc(S(=O)(=O)[N-]C(=O)c2ccccc2)cc1.[Na+]. The van der Waals surface area contributed by atoms with Crippen molar-refractivity contribution >= 4 is 15.9 Å². The van der Waals surface area contributed by atoms with Gasteiger partial charge in [0, 0.05) is 5.56 Å². The summed E-state index contributed by atoms with van der Waals surface area (Å²) in [5.41, 5.74) is 3.31. The molecule has 0 aliphatic heterocycles. The van der Waals surface area contributed by atoms with Crippen molar-refractivity contribution in [2.45, 2.75) is 11.8 Å². The predicted molar refractivity (Wildman–Crippen MR) is 113 cm³/mol. The Morgan fingerprint density at radius 1 is 0.839 bits per heavy atom. The van der Waals surface area contributed by atoms with Crippen LogP contribution in [0.15, 0.2) is 94.3 Å². The first kappa shape index (κ1) is 23.0. The van der Waals surface area contributed by atoms with Crippen molar-refractivity contribution in [3.05, 3.63) is 101 Å². The Labute approximate surface area is 202 Å². The third-order valence-corrected chi connectivity index (χ3v) is 5.85. The first-order valence-corrected chi connectivity index (χ1v) is 10.6. The van der Waals surface area contributed by atoms with Crippen LogP contribution in [-0.2, 0) is 10.0 Å². The minimum atomic E-state index is -4.13. The molecule has 0 bridgehead atoms. The average molecular weight is 440 g/mol. The summed E-state index contributed by atoms with van der Waals surface area (Å²) in [5.74, 6) is -0.186. The molecule has 6 nitrogen and oxygen atoms in total. The molecule has 4 rings (SSSR count). The summed E-state index contributed by atoms with van der Waals surface area (Å²) in [5, 5.41) is 4.15. The van der Waals surface area contributed by atoms with E-state index in [1.807, 2.05) is 30.3 Å². The van der Waals surface area contributed by atoms with Gasteiger partial charge in [-0.25, -0.2) is 8.42 Å². The van der Waals surface area contributed by atoms with Crippen LogP contribution >= 0.6 is 0 Å². The van der Waals surface area contributed by atoms with Gasteiger partial charge in [-0.15, -0.1) is 0 Å². The van der Waals surface area contributed by atoms with Crippen molar-refractivity contribution in [1.82, 2.24) is 5.16 Å². The maximum atomic E-state index is 12.6. The van der Waals surface area contributed by atoms with E-state index in [1.54, 1.807) is 37.3 Å². The molecule has 1 aromatic heterocycles. The van der Waals surface area contributed by atoms with Gasteiger partial charge < -0.3 is 14.0 Å². The molecule has 0 saturated heterocycles. The Kier molecular flexibility index (Phi) is 7.12. The van der Waals surface area contributed by atoms with Crippen LogP contribution < -0.4 is 29.6 Å². The Morgan fingerprint density at radius 3 is 2.03 bits per heavy atom. The molecule has 0 saturated carbocycles. The summed E-state index contributed by atoms with van der Waals surface area (Å²) < 4.78 is 33.9. The first-order valence-electron chi connectivity index (χ1n) is 9.15. The number of carbonyl (C=O) groups excluding carboxylic acids is 1. The normalized spacial score (nSPS) is 10.9. The smallest absolute Gasteiger partial charge is 0.538 e. The third-order valence-electron chi connectivity index (χ3n) is 4.57. The third kappa shape index (κ3) is 4.97. The van der Waals surface area contributed by atoms with Gasteiger partial charge in [0.1, 0.15) is 21.5 Å². The molecule has 0 radical (unpaired) electrons. The van der Waals surface area contributed by atoms with Crippen molar-refractivity contribution in [2.24, 2.45) is 0 Å². The number of hydrogen-bond acceptors (Lipinski definition) is 5. The van der Waals surface area contributed by atoms with Gasteiger partial charge >= 0.3 is 29.6 Å². The number of rotatable bonds is 5. The van der Waals surface area contributed by atoms with E-state index in [0.29, 0.717) is 11.5 Å². The Hall–Kier alpha value is -2.71. The summed E-state index contributed by atoms with van der Waals surface area (Å²) in [7, 11) is -4.13. The van der Waals surface area contributed by atoms with E-state index in [-0.39, 0.29) is 40.0 Å². The van der Waals surface area contributed by atoms with E-state index in [0.717, 1.165) is 16.7 Å². The molecular formula is C23H17N2NaO4S. The first-order chi connectivity index (χ1) is 14.5. The minimum absolute atomic E-state index is 0. The van der Waals surface area contributed by atoms with Gasteiger partial charge in [0.2, 0.25) is 0 Å². The van der Waals surface area contributed by atoms with Gasteiger partial charge in [0.25, 0.3) is 0 Å². The Balaban J connectivity index is 0.00000272. The summed E-state index contributed by atoms with van der Waals surface area (Å²) in [6, 6.07) is 23.8. The summed E-state index contributed by atoms with van der Waals surface area (Å²) in [6.07, 6.45) is 0. The average Bonchev–Trinajstić information content (AvgIpc) is 3.16. The number of amides is 1. The number of aryl methyl sites for hydroxylation is 1. The van der Waals surface area contributed by atoms with Crippen LogP contribution in [-0.4, -0.2) is 19.5 Å². The monoisotopic (exact) mass is 440 g/mol. The van der Waals surface area contributed by atoms with E-state index < -0.39 is 15.9 Å². The molecule has 3 aromatic carbocycles. The van der Waals surface area contributed by atoms with Crippen molar-refractivity contribution in [3.8, 4) is 22.4 Å². The number of hydrogen-bond donors (Lipinski definition) is 0. The van der Waals surface area contributed by atoms with Crippen molar-refractivity contribution in [3.63, 3.8) is 0 Å². The van der Waals surface area contributed by atoms with Gasteiger partial charge in [-0.1, -0.05) is 78.0 Å². The molecule has 1 amide bonds. The fourth-order valence-corrected chi connectivity index (χ4v) is 4.00. The van der Waals surface area contributed by atoms with Crippen LogP contribution in [0.2, 0.25) is 0 Å². The minimum Gasteiger partial charge on any atom is -0.538 e. The van der Waals surface area contributed by atoms with Crippen LogP contribution in [0.1, 0.15) is 16.1 Å². The Bertz CT molecular complexity index is 1290. The van der Waals surface area contributed by atoms with E-state index in [1.165, 1.54) is 24.3 Å². The number of carbonyl (C=O) groups is 1. The van der Waals surface area contributed by atoms with E-state index >= 15 is 0 Å². The van der Waals surface area contributed by atoms with Crippen molar-refractivity contribution < 1.29 is 47.3 Å². The number of aromatic nitrogens is 1. The maximum absolute atomic E-state index is 12.6. The topological polar surface area (TPSA) is 91.3 Å². The molecule has 0 N–H and O–H groups in total. The molecule has 0 atom stereocenters. The molecule has 0 aliphatic rings. The van der Waals surface area contributed by atoms with Crippen LogP contribution in [0, 0.1) is 6.92 Å². The second kappa shape index (κ2) is 9.62. The van der Waals surface area contributed by atoms with Crippen molar-refractivity contribution in [2.75, 3.05) is 0 Å². The molecule has 0 aliphatic carbocycles. The van der Waals surface area contributed by atoms with Gasteiger partial charge in [-0.05, 0) is 30.2 Å². The van der Waals surface area contributed by atoms with Gasteiger partial charge in [-0.3, -0.25) is 0 Å². The summed E-state index contributed by atoms with van der Waals surface area (Å²) in [4.78, 5) is 12.1. The van der Waals surface area contributed by atoms with Gasteiger partial charge in [-0.2, -0.15) is 0 Å². The quantitative estimate of drug-likeness (QED) is 0.444. The van der Waals surface area contributed by atoms with Crippen LogP contribution in [0.5, 0.6) is 0 Å². The fourth-order valence-electron chi connectivity index (χ4n) is 3.09. The number of benzene rings is 3. The number of nitrogens with zero attached hydrogens (tertiary/aromatic N) is 2. The molecule has 0 unspecified atom stereocenters. The van der Waals surface area contributed by atoms with E-state index in [4.69, 9.17) is 4.52 Å².